The molecule has 0 amide bonds. The van der Waals surface area contributed by atoms with Gasteiger partial charge >= 0.3 is 0 Å². The fourth-order valence-corrected chi connectivity index (χ4v) is 3.92. The van der Waals surface area contributed by atoms with Gasteiger partial charge in [-0.25, -0.2) is 0 Å². The molecule has 1 nitrogen and oxygen atoms in total. The van der Waals surface area contributed by atoms with Crippen LogP contribution in [0.4, 0.5) is 0 Å². The van der Waals surface area contributed by atoms with Gasteiger partial charge in [-0.2, -0.15) is 0 Å². The van der Waals surface area contributed by atoms with Crippen LogP contribution in [0.3, 0.4) is 0 Å². The Balaban J connectivity index is 1.64. The first kappa shape index (κ1) is 19.9. The van der Waals surface area contributed by atoms with E-state index in [0.717, 1.165) is 28.0 Å². The number of ether oxygens (including phenoxy) is 1. The molecule has 30 heavy (non-hydrogen) atoms. The summed E-state index contributed by atoms with van der Waals surface area (Å²) < 4.78 is 5.23. The minimum Gasteiger partial charge on any atom is -0.497 e. The largest absolute Gasteiger partial charge is 0.497 e. The van der Waals surface area contributed by atoms with E-state index in [1.165, 1.54) is 36.8 Å². The highest BCUT2D eigenvalue weighted by Gasteiger charge is 2.19. The molecule has 0 atom stereocenters. The standard InChI is InChI=1S/C29H26O/c1-22-7-9-23(10-8-22)11-12-25-14-18-27(29(21-25)26-5-3-4-6-26)17-13-24-15-19-28(30-2)20-16-24/h7-10,14-16,18-21,26H,3-6H2,1-2H3. The number of methoxy groups -OCH3 is 1. The lowest BCUT2D eigenvalue weighted by atomic mass is 9.91. The predicted octanol–water partition coefficient (Wildman–Crippen LogP) is 6.46. The summed E-state index contributed by atoms with van der Waals surface area (Å²) in [4.78, 5) is 0. The predicted molar refractivity (Wildman–Crippen MR) is 124 cm³/mol. The van der Waals surface area contributed by atoms with Gasteiger partial charge in [0.15, 0.2) is 0 Å². The number of hydrogen-bond acceptors (Lipinski definition) is 1. The molecule has 0 radical (unpaired) electrons. The van der Waals surface area contributed by atoms with Crippen LogP contribution in [-0.2, 0) is 0 Å². The third-order valence-corrected chi connectivity index (χ3v) is 5.68. The van der Waals surface area contributed by atoms with Gasteiger partial charge < -0.3 is 4.74 Å². The molecule has 0 heterocycles. The molecule has 0 aromatic heterocycles. The fourth-order valence-electron chi connectivity index (χ4n) is 3.92. The molecule has 0 unspecified atom stereocenters. The van der Waals surface area contributed by atoms with Crippen molar-refractivity contribution in [3.8, 4) is 29.4 Å². The van der Waals surface area contributed by atoms with E-state index < -0.39 is 0 Å². The maximum Gasteiger partial charge on any atom is 0.118 e. The molecule has 0 saturated heterocycles. The van der Waals surface area contributed by atoms with Crippen LogP contribution in [-0.4, -0.2) is 7.11 Å². The highest BCUT2D eigenvalue weighted by molar-refractivity contribution is 5.53. The Morgan fingerprint density at radius 1 is 0.700 bits per heavy atom. The lowest BCUT2D eigenvalue weighted by molar-refractivity contribution is 0.415. The van der Waals surface area contributed by atoms with Crippen molar-refractivity contribution in [3.05, 3.63) is 100 Å². The van der Waals surface area contributed by atoms with Gasteiger partial charge in [-0.3, -0.25) is 0 Å². The molecule has 1 saturated carbocycles. The van der Waals surface area contributed by atoms with Crippen LogP contribution in [0, 0.1) is 30.6 Å². The van der Waals surface area contributed by atoms with Crippen molar-refractivity contribution in [3.63, 3.8) is 0 Å². The maximum absolute atomic E-state index is 5.23. The van der Waals surface area contributed by atoms with Crippen LogP contribution < -0.4 is 4.74 Å². The summed E-state index contributed by atoms with van der Waals surface area (Å²) in [5.41, 5.74) is 6.84. The zero-order valence-electron chi connectivity index (χ0n) is 17.7. The Bertz CT molecular complexity index is 1120. The fraction of sp³-hybridized carbons (Fsp3) is 0.241. The van der Waals surface area contributed by atoms with Crippen molar-refractivity contribution >= 4 is 0 Å². The molecule has 0 bridgehead atoms. The molecule has 1 fully saturated rings. The van der Waals surface area contributed by atoms with Crippen LogP contribution in [0.1, 0.15) is 65.0 Å². The van der Waals surface area contributed by atoms with Crippen molar-refractivity contribution in [2.45, 2.75) is 38.5 Å². The van der Waals surface area contributed by atoms with E-state index in [0.29, 0.717) is 5.92 Å². The second kappa shape index (κ2) is 9.39. The van der Waals surface area contributed by atoms with Gasteiger partial charge in [0.05, 0.1) is 7.11 Å². The van der Waals surface area contributed by atoms with Crippen molar-refractivity contribution < 1.29 is 4.74 Å². The molecular formula is C29H26O. The Morgan fingerprint density at radius 3 is 1.93 bits per heavy atom. The first-order valence-corrected chi connectivity index (χ1v) is 10.6. The molecule has 3 aromatic rings. The van der Waals surface area contributed by atoms with Gasteiger partial charge in [0.25, 0.3) is 0 Å². The SMILES string of the molecule is COc1ccc(C#Cc2ccc(C#Cc3ccc(C)cc3)cc2C2CCCC2)cc1. The van der Waals surface area contributed by atoms with Crippen LogP contribution in [0.25, 0.3) is 0 Å². The molecule has 1 aliphatic carbocycles. The summed E-state index contributed by atoms with van der Waals surface area (Å²) in [6.45, 7) is 2.09. The highest BCUT2D eigenvalue weighted by Crippen LogP contribution is 2.36. The Hall–Kier alpha value is -3.42. The highest BCUT2D eigenvalue weighted by atomic mass is 16.5. The molecule has 0 spiro atoms. The summed E-state index contributed by atoms with van der Waals surface area (Å²) in [5, 5.41) is 0. The van der Waals surface area contributed by atoms with Gasteiger partial charge in [0.2, 0.25) is 0 Å². The summed E-state index contributed by atoms with van der Waals surface area (Å²) in [6.07, 6.45) is 5.09. The van der Waals surface area contributed by atoms with E-state index in [1.54, 1.807) is 7.11 Å². The van der Waals surface area contributed by atoms with E-state index >= 15 is 0 Å². The van der Waals surface area contributed by atoms with Crippen molar-refractivity contribution in [2.24, 2.45) is 0 Å². The average Bonchev–Trinajstić information content (AvgIpc) is 3.33. The van der Waals surface area contributed by atoms with Crippen LogP contribution >= 0.6 is 0 Å². The van der Waals surface area contributed by atoms with Gasteiger partial charge in [-0.05, 0) is 85.8 Å². The third-order valence-electron chi connectivity index (χ3n) is 5.68. The zero-order chi connectivity index (χ0) is 20.8. The third kappa shape index (κ3) is 4.94. The van der Waals surface area contributed by atoms with Gasteiger partial charge in [0.1, 0.15) is 5.75 Å². The summed E-state index contributed by atoms with van der Waals surface area (Å²) in [6, 6.07) is 22.8. The molecule has 148 valence electrons. The van der Waals surface area contributed by atoms with Crippen molar-refractivity contribution in [2.75, 3.05) is 7.11 Å². The molecular weight excluding hydrogens is 364 g/mol. The minimum atomic E-state index is 0.589. The number of benzene rings is 3. The lowest BCUT2D eigenvalue weighted by Gasteiger charge is -2.12. The van der Waals surface area contributed by atoms with Crippen molar-refractivity contribution in [1.82, 2.24) is 0 Å². The average molecular weight is 391 g/mol. The minimum absolute atomic E-state index is 0.589. The summed E-state index contributed by atoms with van der Waals surface area (Å²) in [5.74, 6) is 14.8. The molecule has 3 aromatic carbocycles. The number of hydrogen-bond donors (Lipinski definition) is 0. The monoisotopic (exact) mass is 390 g/mol. The maximum atomic E-state index is 5.23. The Labute approximate surface area is 180 Å². The molecule has 0 aliphatic heterocycles. The van der Waals surface area contributed by atoms with E-state index in [9.17, 15) is 0 Å². The summed E-state index contributed by atoms with van der Waals surface area (Å²) >= 11 is 0. The first-order valence-electron chi connectivity index (χ1n) is 10.6. The second-order valence-corrected chi connectivity index (χ2v) is 7.88. The quantitative estimate of drug-likeness (QED) is 0.456. The first-order chi connectivity index (χ1) is 14.7. The molecule has 4 rings (SSSR count). The smallest absolute Gasteiger partial charge is 0.118 e. The van der Waals surface area contributed by atoms with Gasteiger partial charge in [-0.1, -0.05) is 54.2 Å². The van der Waals surface area contributed by atoms with Crippen LogP contribution in [0.5, 0.6) is 5.75 Å². The second-order valence-electron chi connectivity index (χ2n) is 7.88. The van der Waals surface area contributed by atoms with E-state index in [-0.39, 0.29) is 0 Å². The van der Waals surface area contributed by atoms with Crippen LogP contribution in [0.15, 0.2) is 66.7 Å². The molecule has 1 aliphatic rings. The Morgan fingerprint density at radius 2 is 1.27 bits per heavy atom. The van der Waals surface area contributed by atoms with E-state index in [2.05, 4.69) is 73.1 Å². The van der Waals surface area contributed by atoms with E-state index in [1.807, 2.05) is 24.3 Å². The lowest BCUT2D eigenvalue weighted by Crippen LogP contribution is -1.97. The van der Waals surface area contributed by atoms with Gasteiger partial charge in [-0.15, -0.1) is 0 Å². The van der Waals surface area contributed by atoms with Crippen LogP contribution in [0.2, 0.25) is 0 Å². The summed E-state index contributed by atoms with van der Waals surface area (Å²) in [7, 11) is 1.68. The molecule has 1 heteroatoms. The zero-order valence-corrected chi connectivity index (χ0v) is 17.7. The topological polar surface area (TPSA) is 9.23 Å². The van der Waals surface area contributed by atoms with Crippen molar-refractivity contribution in [1.29, 1.82) is 0 Å². The Kier molecular flexibility index (Phi) is 6.22. The van der Waals surface area contributed by atoms with E-state index in [4.69, 9.17) is 4.74 Å². The van der Waals surface area contributed by atoms with Gasteiger partial charge in [0, 0.05) is 22.3 Å². The number of rotatable bonds is 2. The molecule has 0 N–H and O–H groups in total. The normalized spacial score (nSPS) is 13.1. The number of aryl methyl sites for hydroxylation is 1.